The lowest BCUT2D eigenvalue weighted by Crippen LogP contribution is -2.52. The third-order valence-electron chi connectivity index (χ3n) is 13.2. The van der Waals surface area contributed by atoms with Gasteiger partial charge >= 0.3 is 6.18 Å². The number of rotatable bonds is 8. The lowest BCUT2D eigenvalue weighted by molar-refractivity contribution is -0.139. The van der Waals surface area contributed by atoms with Crippen molar-refractivity contribution in [3.8, 4) is 5.75 Å². The fraction of sp³-hybridized carbons (Fsp3) is 0.553. The number of anilines is 2. The van der Waals surface area contributed by atoms with Crippen molar-refractivity contribution in [3.05, 3.63) is 88.5 Å². The van der Waals surface area contributed by atoms with Crippen molar-refractivity contribution >= 4 is 29.1 Å². The number of nitrogens with zero attached hydrogens (tertiary/aromatic N) is 4. The molecular weight excluding hydrogens is 756 g/mol. The molecule has 12 heteroatoms. The lowest BCUT2D eigenvalue weighted by atomic mass is 9.83. The Morgan fingerprint density at radius 2 is 1.37 bits per heavy atom. The van der Waals surface area contributed by atoms with Gasteiger partial charge in [0.15, 0.2) is 0 Å². The Kier molecular flexibility index (Phi) is 12.4. The molecule has 3 aromatic rings. The fourth-order valence-electron chi connectivity index (χ4n) is 9.81. The number of carbonyl (C=O) groups is 3. The Hall–Kier alpha value is -4.58. The molecule has 5 aliphatic rings. The highest BCUT2D eigenvalue weighted by Crippen LogP contribution is 2.41. The molecule has 8 rings (SSSR count). The zero-order valence-corrected chi connectivity index (χ0v) is 34.0. The number of piperidine rings is 4. The summed E-state index contributed by atoms with van der Waals surface area (Å²) in [4.78, 5) is 45.8. The second-order valence-electron chi connectivity index (χ2n) is 18.1. The maximum absolute atomic E-state index is 14.0. The zero-order valence-electron chi connectivity index (χ0n) is 34.0. The second-order valence-corrected chi connectivity index (χ2v) is 18.1. The van der Waals surface area contributed by atoms with Crippen LogP contribution in [0.25, 0.3) is 0 Å². The number of imide groups is 1. The summed E-state index contributed by atoms with van der Waals surface area (Å²) in [5, 5.41) is 2.36. The van der Waals surface area contributed by atoms with Crippen LogP contribution in [0.4, 0.5) is 24.5 Å². The minimum atomic E-state index is -4.38. The first-order chi connectivity index (χ1) is 27.7. The third kappa shape index (κ3) is 9.42. The average Bonchev–Trinajstić information content (AvgIpc) is 3.53. The fourth-order valence-corrected chi connectivity index (χ4v) is 9.81. The van der Waals surface area contributed by atoms with Crippen molar-refractivity contribution in [3.63, 3.8) is 0 Å². The van der Waals surface area contributed by atoms with E-state index in [0.717, 1.165) is 95.7 Å². The molecule has 0 aliphatic carbocycles. The summed E-state index contributed by atoms with van der Waals surface area (Å²) in [6.45, 7) is 12.5. The van der Waals surface area contributed by atoms with Gasteiger partial charge < -0.3 is 24.3 Å². The highest BCUT2D eigenvalue weighted by atomic mass is 19.4. The van der Waals surface area contributed by atoms with Crippen molar-refractivity contribution in [2.75, 3.05) is 55.6 Å². The van der Waals surface area contributed by atoms with Crippen LogP contribution in [0.3, 0.4) is 0 Å². The molecule has 0 bridgehead atoms. The Bertz CT molecular complexity index is 1990. The van der Waals surface area contributed by atoms with E-state index in [9.17, 15) is 27.6 Å². The maximum Gasteiger partial charge on any atom is 0.416 e. The molecule has 3 aromatic carbocycles. The molecule has 0 spiro atoms. The van der Waals surface area contributed by atoms with E-state index in [-0.39, 0.29) is 31.8 Å². The van der Waals surface area contributed by atoms with Crippen LogP contribution in [0.2, 0.25) is 0 Å². The molecule has 0 radical (unpaired) electrons. The van der Waals surface area contributed by atoms with Crippen LogP contribution in [0, 0.1) is 5.92 Å². The first-order valence-corrected chi connectivity index (χ1v) is 21.2. The number of carbonyl (C=O) groups excluding carboxylic acids is 3. The number of alkyl halides is 3. The SMILES string of the molecule is C.CC(C)(C)c1ccc(N2CCC(c3ccc(N4CCC(CN5CCC(Oc6ccc7c(c6)CN(C6CCC(=O)NC6=O)C7=O)CC5)CC4)cc3)CC2)cc1C(F)(F)F. The summed E-state index contributed by atoms with van der Waals surface area (Å²) >= 11 is 0. The topological polar surface area (TPSA) is 85.4 Å². The molecule has 318 valence electrons. The van der Waals surface area contributed by atoms with Crippen LogP contribution >= 0.6 is 0 Å². The molecule has 4 fully saturated rings. The van der Waals surface area contributed by atoms with Crippen LogP contribution in [0.15, 0.2) is 60.7 Å². The Morgan fingerprint density at radius 3 is 2.02 bits per heavy atom. The monoisotopic (exact) mass is 815 g/mol. The van der Waals surface area contributed by atoms with Gasteiger partial charge in [-0.05, 0) is 121 Å². The van der Waals surface area contributed by atoms with E-state index in [4.69, 9.17) is 4.74 Å². The molecule has 1 atom stereocenters. The lowest BCUT2D eigenvalue weighted by Gasteiger charge is -2.38. The van der Waals surface area contributed by atoms with E-state index >= 15 is 0 Å². The Morgan fingerprint density at radius 1 is 0.729 bits per heavy atom. The first kappa shape index (κ1) is 42.5. The molecule has 0 aromatic heterocycles. The quantitative estimate of drug-likeness (QED) is 0.228. The molecule has 0 saturated carbocycles. The Labute approximate surface area is 347 Å². The van der Waals surface area contributed by atoms with Crippen LogP contribution in [0.5, 0.6) is 5.75 Å². The molecule has 1 unspecified atom stereocenters. The van der Waals surface area contributed by atoms with E-state index in [1.165, 1.54) is 17.3 Å². The number of amides is 3. The highest BCUT2D eigenvalue weighted by Gasteiger charge is 2.40. The Balaban J connectivity index is 0.00000528. The number of nitrogens with one attached hydrogen (secondary N) is 1. The van der Waals surface area contributed by atoms with E-state index < -0.39 is 29.1 Å². The van der Waals surface area contributed by atoms with E-state index in [1.807, 2.05) is 39.0 Å². The minimum Gasteiger partial charge on any atom is -0.490 e. The van der Waals surface area contributed by atoms with Gasteiger partial charge in [0.05, 0.1) is 5.56 Å². The summed E-state index contributed by atoms with van der Waals surface area (Å²) in [5.41, 5.74) is 3.92. The van der Waals surface area contributed by atoms with Crippen molar-refractivity contribution in [1.29, 1.82) is 0 Å². The van der Waals surface area contributed by atoms with E-state index in [0.29, 0.717) is 41.6 Å². The van der Waals surface area contributed by atoms with Gasteiger partial charge in [-0.3, -0.25) is 19.7 Å². The van der Waals surface area contributed by atoms with Gasteiger partial charge in [0.2, 0.25) is 11.8 Å². The standard InChI is InChI=1S/C46H56F3N5O4.CH4/c1-45(2,3)39-11-8-35(27-40(39)46(47,48)49)53-24-16-32(17-25-53)31-4-6-34(7-5-31)52-22-14-30(15-23-52)28-51-20-18-36(19-21-51)58-37-9-10-38-33(26-37)29-54(44(38)57)41-12-13-42(55)50-43(41)56;/h4-11,26-27,30,32,36,41H,12-25,28-29H2,1-3H3,(H,50,55,56);1H4. The van der Waals surface area contributed by atoms with Gasteiger partial charge in [0.1, 0.15) is 17.9 Å². The first-order valence-electron chi connectivity index (χ1n) is 21.2. The van der Waals surface area contributed by atoms with Gasteiger partial charge in [-0.2, -0.15) is 13.2 Å². The van der Waals surface area contributed by atoms with Crippen molar-refractivity contribution in [2.45, 2.75) is 116 Å². The number of fused-ring (bicyclic) bond motifs is 1. The van der Waals surface area contributed by atoms with E-state index in [1.54, 1.807) is 17.0 Å². The average molecular weight is 816 g/mol. The molecule has 1 N–H and O–H groups in total. The van der Waals surface area contributed by atoms with Crippen LogP contribution < -0.4 is 19.9 Å². The summed E-state index contributed by atoms with van der Waals surface area (Å²) in [5.74, 6) is 0.954. The number of hydrogen-bond donors (Lipinski definition) is 1. The number of halogens is 3. The number of likely N-dealkylation sites (tertiary alicyclic amines) is 1. The predicted molar refractivity (Wildman–Crippen MR) is 225 cm³/mol. The summed E-state index contributed by atoms with van der Waals surface area (Å²) in [6, 6.07) is 18.9. The molecule has 9 nitrogen and oxygen atoms in total. The zero-order chi connectivity index (χ0) is 40.8. The minimum absolute atomic E-state index is 0. The summed E-state index contributed by atoms with van der Waals surface area (Å²) < 4.78 is 48.4. The smallest absolute Gasteiger partial charge is 0.416 e. The molecule has 5 aliphatic heterocycles. The maximum atomic E-state index is 14.0. The second kappa shape index (κ2) is 17.2. The summed E-state index contributed by atoms with van der Waals surface area (Å²) in [6.07, 6.45) is 2.38. The number of hydrogen-bond acceptors (Lipinski definition) is 7. The van der Waals surface area contributed by atoms with E-state index in [2.05, 4.69) is 44.3 Å². The molecular formula is C47H60F3N5O4. The molecule has 4 saturated heterocycles. The van der Waals surface area contributed by atoms with Gasteiger partial charge in [0.25, 0.3) is 5.91 Å². The van der Waals surface area contributed by atoms with Crippen LogP contribution in [-0.4, -0.2) is 85.5 Å². The number of benzene rings is 3. The molecule has 3 amide bonds. The van der Waals surface area contributed by atoms with Gasteiger partial charge in [0, 0.05) is 75.7 Å². The van der Waals surface area contributed by atoms with Crippen molar-refractivity contribution in [1.82, 2.24) is 15.1 Å². The normalized spacial score (nSPS) is 21.7. The summed E-state index contributed by atoms with van der Waals surface area (Å²) in [7, 11) is 0. The highest BCUT2D eigenvalue weighted by molar-refractivity contribution is 6.05. The van der Waals surface area contributed by atoms with Gasteiger partial charge in [-0.25, -0.2) is 0 Å². The van der Waals surface area contributed by atoms with Crippen molar-refractivity contribution in [2.24, 2.45) is 5.92 Å². The predicted octanol–water partition coefficient (Wildman–Crippen LogP) is 8.54. The third-order valence-corrected chi connectivity index (χ3v) is 13.2. The van der Waals surface area contributed by atoms with Gasteiger partial charge in [-0.1, -0.05) is 46.4 Å². The van der Waals surface area contributed by atoms with Gasteiger partial charge in [-0.15, -0.1) is 0 Å². The van der Waals surface area contributed by atoms with Crippen LogP contribution in [-0.2, 0) is 27.7 Å². The van der Waals surface area contributed by atoms with Crippen molar-refractivity contribution < 1.29 is 32.3 Å². The molecule has 59 heavy (non-hydrogen) atoms. The van der Waals surface area contributed by atoms with Crippen LogP contribution in [0.1, 0.15) is 118 Å². The number of ether oxygens (including phenoxy) is 1. The molecule has 5 heterocycles. The largest absolute Gasteiger partial charge is 0.490 e.